The lowest BCUT2D eigenvalue weighted by Crippen LogP contribution is -2.39. The molecule has 22 heavy (non-hydrogen) atoms. The van der Waals surface area contributed by atoms with Crippen LogP contribution in [0.1, 0.15) is 43.6 Å². The molecule has 2 atom stereocenters. The van der Waals surface area contributed by atoms with Gasteiger partial charge in [0.1, 0.15) is 11.5 Å². The fourth-order valence-electron chi connectivity index (χ4n) is 2.98. The third-order valence-corrected chi connectivity index (χ3v) is 4.67. The molecule has 5 nitrogen and oxygen atoms in total. The third-order valence-electron chi connectivity index (χ3n) is 4.67. The molecule has 1 aliphatic heterocycles. The molecule has 1 aliphatic carbocycles. The number of hydrogen-bond acceptors (Lipinski definition) is 3. The third kappa shape index (κ3) is 3.24. The second-order valence-corrected chi connectivity index (χ2v) is 6.33. The number of nitrogens with zero attached hydrogens (tertiary/aromatic N) is 1. The van der Waals surface area contributed by atoms with E-state index in [1.54, 1.807) is 11.0 Å². The van der Waals surface area contributed by atoms with Crippen molar-refractivity contribution in [1.82, 2.24) is 4.90 Å². The number of carboxylic acid groups (broad SMARTS) is 1. The fourth-order valence-corrected chi connectivity index (χ4v) is 2.98. The predicted octanol–water partition coefficient (Wildman–Crippen LogP) is 2.74. The smallest absolute Gasteiger partial charge is 0.306 e. The topological polar surface area (TPSA) is 70.8 Å². The lowest BCUT2D eigenvalue weighted by atomic mass is 9.97. The van der Waals surface area contributed by atoms with E-state index in [0.29, 0.717) is 43.5 Å². The van der Waals surface area contributed by atoms with Gasteiger partial charge in [-0.25, -0.2) is 0 Å². The van der Waals surface area contributed by atoms with E-state index in [1.807, 2.05) is 12.1 Å². The number of carbonyl (C=O) groups excluding carboxylic acids is 1. The molecular formula is C17H21NO4. The van der Waals surface area contributed by atoms with Crippen LogP contribution in [0.4, 0.5) is 0 Å². The van der Waals surface area contributed by atoms with Crippen molar-refractivity contribution in [2.45, 2.75) is 32.1 Å². The van der Waals surface area contributed by atoms with Gasteiger partial charge in [-0.3, -0.25) is 9.59 Å². The lowest BCUT2D eigenvalue weighted by molar-refractivity contribution is -0.144. The highest BCUT2D eigenvalue weighted by atomic mass is 16.4. The van der Waals surface area contributed by atoms with Crippen molar-refractivity contribution in [2.24, 2.45) is 11.8 Å². The fraction of sp³-hybridized carbons (Fsp3) is 0.529. The van der Waals surface area contributed by atoms with Gasteiger partial charge in [-0.05, 0) is 43.4 Å². The highest BCUT2D eigenvalue weighted by molar-refractivity contribution is 5.91. The summed E-state index contributed by atoms with van der Waals surface area (Å²) < 4.78 is 5.73. The molecule has 1 saturated carbocycles. The van der Waals surface area contributed by atoms with Gasteiger partial charge in [0, 0.05) is 25.1 Å². The van der Waals surface area contributed by atoms with E-state index < -0.39 is 5.97 Å². The van der Waals surface area contributed by atoms with Gasteiger partial charge in [0.2, 0.25) is 5.91 Å². The van der Waals surface area contributed by atoms with E-state index >= 15 is 0 Å². The molecule has 0 radical (unpaired) electrons. The van der Waals surface area contributed by atoms with Crippen LogP contribution in [0.5, 0.6) is 0 Å². The summed E-state index contributed by atoms with van der Waals surface area (Å²) >= 11 is 0. The highest BCUT2D eigenvalue weighted by Gasteiger charge is 2.36. The molecule has 1 aromatic heterocycles. The Balaban J connectivity index is 1.53. The molecule has 1 amide bonds. The summed E-state index contributed by atoms with van der Waals surface area (Å²) in [5, 5.41) is 8.96. The average molecular weight is 303 g/mol. The van der Waals surface area contributed by atoms with Crippen LogP contribution in [0.2, 0.25) is 0 Å². The SMILES string of the molecule is CC1CC1c1ccc(/C=C/C(=O)N2CCC(C(=O)O)CC2)o1. The van der Waals surface area contributed by atoms with Crippen LogP contribution < -0.4 is 0 Å². The Morgan fingerprint density at radius 1 is 1.32 bits per heavy atom. The lowest BCUT2D eigenvalue weighted by Gasteiger charge is -2.29. The Labute approximate surface area is 129 Å². The molecule has 1 saturated heterocycles. The van der Waals surface area contributed by atoms with Crippen LogP contribution in [-0.4, -0.2) is 35.0 Å². The van der Waals surface area contributed by atoms with Crippen molar-refractivity contribution in [3.63, 3.8) is 0 Å². The number of carbonyl (C=O) groups is 2. The normalized spacial score (nSPS) is 25.6. The van der Waals surface area contributed by atoms with Gasteiger partial charge < -0.3 is 14.4 Å². The number of rotatable bonds is 4. The molecule has 3 rings (SSSR count). The number of furan rings is 1. The standard InChI is InChI=1S/C17H21NO4/c1-11-10-14(11)15-4-2-13(22-15)3-5-16(19)18-8-6-12(7-9-18)17(20)21/h2-5,11-12,14H,6-10H2,1H3,(H,20,21)/b5-3+. The van der Waals surface area contributed by atoms with E-state index in [-0.39, 0.29) is 11.8 Å². The molecule has 2 unspecified atom stereocenters. The second kappa shape index (κ2) is 5.99. The van der Waals surface area contributed by atoms with E-state index in [4.69, 9.17) is 9.52 Å². The Morgan fingerprint density at radius 2 is 2.00 bits per heavy atom. The molecule has 1 aromatic rings. The molecule has 2 fully saturated rings. The van der Waals surface area contributed by atoms with E-state index in [9.17, 15) is 9.59 Å². The maximum Gasteiger partial charge on any atom is 0.306 e. The first kappa shape index (κ1) is 14.9. The number of likely N-dealkylation sites (tertiary alicyclic amines) is 1. The van der Waals surface area contributed by atoms with Crippen LogP contribution in [0.15, 0.2) is 22.6 Å². The number of hydrogen-bond donors (Lipinski definition) is 1. The zero-order valence-electron chi connectivity index (χ0n) is 12.7. The predicted molar refractivity (Wildman–Crippen MR) is 81.2 cm³/mol. The van der Waals surface area contributed by atoms with Crippen molar-refractivity contribution >= 4 is 18.0 Å². The first-order chi connectivity index (χ1) is 10.5. The van der Waals surface area contributed by atoms with Gasteiger partial charge >= 0.3 is 5.97 Å². The molecule has 0 spiro atoms. The van der Waals surface area contributed by atoms with Gasteiger partial charge in [-0.1, -0.05) is 6.92 Å². The Hall–Kier alpha value is -2.04. The summed E-state index contributed by atoms with van der Waals surface area (Å²) in [5.74, 6) is 1.76. The van der Waals surface area contributed by atoms with Crippen molar-refractivity contribution in [3.05, 3.63) is 29.7 Å². The molecule has 0 bridgehead atoms. The summed E-state index contributed by atoms with van der Waals surface area (Å²) in [7, 11) is 0. The first-order valence-electron chi connectivity index (χ1n) is 7.84. The molecule has 2 aliphatic rings. The quantitative estimate of drug-likeness (QED) is 0.868. The Bertz CT molecular complexity index is 596. The monoisotopic (exact) mass is 303 g/mol. The molecule has 0 aromatic carbocycles. The van der Waals surface area contributed by atoms with Gasteiger partial charge in [-0.2, -0.15) is 0 Å². The van der Waals surface area contributed by atoms with Crippen molar-refractivity contribution < 1.29 is 19.1 Å². The van der Waals surface area contributed by atoms with Gasteiger partial charge in [0.25, 0.3) is 0 Å². The first-order valence-corrected chi connectivity index (χ1v) is 7.84. The van der Waals surface area contributed by atoms with Crippen molar-refractivity contribution in [3.8, 4) is 0 Å². The number of amides is 1. The van der Waals surface area contributed by atoms with Crippen molar-refractivity contribution in [2.75, 3.05) is 13.1 Å². The van der Waals surface area contributed by atoms with Gasteiger partial charge in [0.15, 0.2) is 0 Å². The molecule has 1 N–H and O–H groups in total. The van der Waals surface area contributed by atoms with Crippen LogP contribution in [0.25, 0.3) is 6.08 Å². The van der Waals surface area contributed by atoms with Gasteiger partial charge in [-0.15, -0.1) is 0 Å². The van der Waals surface area contributed by atoms with Crippen LogP contribution in [0, 0.1) is 11.8 Å². The number of piperidine rings is 1. The van der Waals surface area contributed by atoms with Gasteiger partial charge in [0.05, 0.1) is 5.92 Å². The van der Waals surface area contributed by atoms with Crippen LogP contribution >= 0.6 is 0 Å². The summed E-state index contributed by atoms with van der Waals surface area (Å²) in [5.41, 5.74) is 0. The minimum atomic E-state index is -0.764. The van der Waals surface area contributed by atoms with E-state index in [1.165, 1.54) is 12.5 Å². The highest BCUT2D eigenvalue weighted by Crippen LogP contribution is 2.47. The maximum absolute atomic E-state index is 12.1. The second-order valence-electron chi connectivity index (χ2n) is 6.33. The molecule has 2 heterocycles. The summed E-state index contributed by atoms with van der Waals surface area (Å²) in [6, 6.07) is 3.87. The van der Waals surface area contributed by atoms with E-state index in [0.717, 1.165) is 5.76 Å². The zero-order chi connectivity index (χ0) is 15.7. The zero-order valence-corrected chi connectivity index (χ0v) is 12.7. The van der Waals surface area contributed by atoms with E-state index in [2.05, 4.69) is 6.92 Å². The summed E-state index contributed by atoms with van der Waals surface area (Å²) in [4.78, 5) is 24.7. The minimum Gasteiger partial charge on any atom is -0.481 e. The number of aliphatic carboxylic acids is 1. The van der Waals surface area contributed by atoms with Crippen LogP contribution in [-0.2, 0) is 9.59 Å². The van der Waals surface area contributed by atoms with Crippen molar-refractivity contribution in [1.29, 1.82) is 0 Å². The average Bonchev–Trinajstić information content (AvgIpc) is 3.06. The summed E-state index contributed by atoms with van der Waals surface area (Å²) in [6.07, 6.45) is 5.44. The number of carboxylic acids is 1. The molecule has 5 heteroatoms. The largest absolute Gasteiger partial charge is 0.481 e. The minimum absolute atomic E-state index is 0.0819. The molecular weight excluding hydrogens is 282 g/mol. The van der Waals surface area contributed by atoms with Crippen LogP contribution in [0.3, 0.4) is 0 Å². The Kier molecular flexibility index (Phi) is 4.05. The maximum atomic E-state index is 12.1. The molecule has 118 valence electrons. The Morgan fingerprint density at radius 3 is 2.59 bits per heavy atom. The summed E-state index contributed by atoms with van der Waals surface area (Å²) in [6.45, 7) is 3.21.